The molecule has 8 heteroatoms. The largest absolute Gasteiger partial charge is 0.339 e. The molecular formula is C16H22N6O2. The summed E-state index contributed by atoms with van der Waals surface area (Å²) < 4.78 is 7.13. The predicted molar refractivity (Wildman–Crippen MR) is 85.0 cm³/mol. The number of aromatic nitrogens is 4. The van der Waals surface area contributed by atoms with E-state index in [1.54, 1.807) is 4.90 Å². The molecule has 0 aromatic carbocycles. The maximum Gasteiger partial charge on any atom is 0.229 e. The van der Waals surface area contributed by atoms with Gasteiger partial charge in [0.25, 0.3) is 0 Å². The minimum atomic E-state index is -0.0268. The first-order valence-electron chi connectivity index (χ1n) is 8.34. The van der Waals surface area contributed by atoms with E-state index in [-0.39, 0.29) is 18.0 Å². The van der Waals surface area contributed by atoms with Crippen LogP contribution in [-0.4, -0.2) is 43.8 Å². The molecule has 2 aromatic rings. The molecule has 0 bridgehead atoms. The van der Waals surface area contributed by atoms with Crippen LogP contribution in [0.4, 0.5) is 0 Å². The van der Waals surface area contributed by atoms with Gasteiger partial charge in [-0.05, 0) is 19.8 Å². The van der Waals surface area contributed by atoms with Gasteiger partial charge in [0, 0.05) is 43.7 Å². The highest BCUT2D eigenvalue weighted by Gasteiger charge is 2.40. The van der Waals surface area contributed by atoms with Gasteiger partial charge in [0.15, 0.2) is 5.82 Å². The molecule has 0 spiro atoms. The molecule has 24 heavy (non-hydrogen) atoms. The second kappa shape index (κ2) is 5.70. The summed E-state index contributed by atoms with van der Waals surface area (Å²) in [5, 5.41) is 11.8. The third-order valence-corrected chi connectivity index (χ3v) is 5.11. The molecule has 2 fully saturated rings. The van der Waals surface area contributed by atoms with Gasteiger partial charge in [-0.3, -0.25) is 9.48 Å². The Balaban J connectivity index is 1.49. The van der Waals surface area contributed by atoms with Crippen LogP contribution in [0.3, 0.4) is 0 Å². The highest BCUT2D eigenvalue weighted by molar-refractivity contribution is 5.80. The number of nitrogens with zero attached hydrogens (tertiary/aromatic N) is 5. The van der Waals surface area contributed by atoms with Crippen molar-refractivity contribution in [2.45, 2.75) is 50.7 Å². The third kappa shape index (κ3) is 2.60. The van der Waals surface area contributed by atoms with Crippen LogP contribution in [0.2, 0.25) is 0 Å². The van der Waals surface area contributed by atoms with E-state index in [0.29, 0.717) is 24.7 Å². The van der Waals surface area contributed by atoms with Crippen LogP contribution in [0.15, 0.2) is 10.7 Å². The summed E-state index contributed by atoms with van der Waals surface area (Å²) in [6, 6.07) is -0.0192. The molecule has 1 saturated heterocycles. The van der Waals surface area contributed by atoms with Crippen molar-refractivity contribution < 1.29 is 9.32 Å². The van der Waals surface area contributed by atoms with Gasteiger partial charge in [0.1, 0.15) is 0 Å². The first kappa shape index (κ1) is 15.3. The average Bonchev–Trinajstić information content (AvgIpc) is 3.14. The Morgan fingerprint density at radius 1 is 1.38 bits per heavy atom. The van der Waals surface area contributed by atoms with Crippen LogP contribution in [0, 0.1) is 6.92 Å². The van der Waals surface area contributed by atoms with E-state index in [1.165, 1.54) is 0 Å². The lowest BCUT2D eigenvalue weighted by atomic mass is 10.0. The normalized spacial score (nSPS) is 24.1. The zero-order chi connectivity index (χ0) is 16.8. The van der Waals surface area contributed by atoms with Crippen LogP contribution in [0.1, 0.15) is 54.2 Å². The first-order valence-corrected chi connectivity index (χ1v) is 8.34. The molecule has 8 nitrogen and oxygen atoms in total. The Bertz CT molecular complexity index is 762. The van der Waals surface area contributed by atoms with Crippen LogP contribution < -0.4 is 5.32 Å². The maximum absolute atomic E-state index is 12.2. The van der Waals surface area contributed by atoms with Crippen LogP contribution in [0.25, 0.3) is 0 Å². The van der Waals surface area contributed by atoms with Crippen molar-refractivity contribution in [3.8, 4) is 0 Å². The van der Waals surface area contributed by atoms with Gasteiger partial charge < -0.3 is 14.7 Å². The fourth-order valence-electron chi connectivity index (χ4n) is 3.34. The second-order valence-corrected chi connectivity index (χ2v) is 6.77. The van der Waals surface area contributed by atoms with Crippen molar-refractivity contribution in [1.82, 2.24) is 30.1 Å². The molecule has 128 valence electrons. The molecule has 0 radical (unpaired) electrons. The van der Waals surface area contributed by atoms with E-state index in [1.807, 2.05) is 31.9 Å². The van der Waals surface area contributed by atoms with Gasteiger partial charge in [-0.2, -0.15) is 10.1 Å². The number of hydrogen-bond acceptors (Lipinski definition) is 6. The topological polar surface area (TPSA) is 89.1 Å². The first-order chi connectivity index (χ1) is 11.5. The monoisotopic (exact) mass is 330 g/mol. The van der Waals surface area contributed by atoms with Gasteiger partial charge in [0.2, 0.25) is 11.8 Å². The lowest BCUT2D eigenvalue weighted by Crippen LogP contribution is -2.35. The van der Waals surface area contributed by atoms with Crippen molar-refractivity contribution in [3.05, 3.63) is 29.2 Å². The number of nitrogens with one attached hydrogen (secondary N) is 1. The number of hydrogen-bond donors (Lipinski definition) is 1. The SMILES string of the molecule is Cc1c([C@H]2[C@H](NCc3noc(C4CC4)n3)CC(=O)N2C)cnn1C. The summed E-state index contributed by atoms with van der Waals surface area (Å²) in [6.07, 6.45) is 4.59. The van der Waals surface area contributed by atoms with Gasteiger partial charge in [0.05, 0.1) is 18.8 Å². The van der Waals surface area contributed by atoms with E-state index >= 15 is 0 Å². The number of carbonyl (C=O) groups excluding carboxylic acids is 1. The smallest absolute Gasteiger partial charge is 0.229 e. The Morgan fingerprint density at radius 2 is 2.17 bits per heavy atom. The number of carbonyl (C=O) groups is 1. The highest BCUT2D eigenvalue weighted by Crippen LogP contribution is 2.39. The predicted octanol–water partition coefficient (Wildman–Crippen LogP) is 1.05. The molecule has 0 unspecified atom stereocenters. The molecule has 2 aliphatic rings. The van der Waals surface area contributed by atoms with Crippen LogP contribution in [-0.2, 0) is 18.4 Å². The molecule has 3 heterocycles. The van der Waals surface area contributed by atoms with Crippen molar-refractivity contribution >= 4 is 5.91 Å². The Kier molecular flexibility index (Phi) is 3.64. The number of amides is 1. The molecule has 1 aliphatic carbocycles. The number of rotatable bonds is 5. The van der Waals surface area contributed by atoms with Gasteiger partial charge in [-0.15, -0.1) is 0 Å². The zero-order valence-corrected chi connectivity index (χ0v) is 14.2. The van der Waals surface area contributed by atoms with Crippen LogP contribution >= 0.6 is 0 Å². The number of aryl methyl sites for hydroxylation is 1. The van der Waals surface area contributed by atoms with E-state index in [2.05, 4.69) is 20.6 Å². The lowest BCUT2D eigenvalue weighted by Gasteiger charge is -2.25. The minimum Gasteiger partial charge on any atom is -0.339 e. The van der Waals surface area contributed by atoms with Gasteiger partial charge in [-0.25, -0.2) is 0 Å². The number of likely N-dealkylation sites (N-methyl/N-ethyl adjacent to an activating group) is 1. The maximum atomic E-state index is 12.2. The molecule has 2 aromatic heterocycles. The summed E-state index contributed by atoms with van der Waals surface area (Å²) in [6.45, 7) is 2.52. The van der Waals surface area contributed by atoms with E-state index < -0.39 is 0 Å². The Labute approximate surface area is 140 Å². The highest BCUT2D eigenvalue weighted by atomic mass is 16.5. The molecular weight excluding hydrogens is 308 g/mol. The van der Waals surface area contributed by atoms with Crippen molar-refractivity contribution in [1.29, 1.82) is 0 Å². The van der Waals surface area contributed by atoms with Crippen molar-refractivity contribution in [2.24, 2.45) is 7.05 Å². The standard InChI is InChI=1S/C16H22N6O2/c1-9-11(7-18-22(9)3)15-12(6-14(23)21(15)2)17-8-13-19-16(24-20-13)10-4-5-10/h7,10,12,15,17H,4-6,8H2,1-3H3/t12-,15+/m1/s1. The zero-order valence-electron chi connectivity index (χ0n) is 14.2. The third-order valence-electron chi connectivity index (χ3n) is 5.11. The van der Waals surface area contributed by atoms with E-state index in [9.17, 15) is 4.79 Å². The molecule has 1 N–H and O–H groups in total. The van der Waals surface area contributed by atoms with Gasteiger partial charge >= 0.3 is 0 Å². The Hall–Kier alpha value is -2.22. The summed E-state index contributed by atoms with van der Waals surface area (Å²) in [5.74, 6) is 1.98. The summed E-state index contributed by atoms with van der Waals surface area (Å²) in [7, 11) is 3.76. The quantitative estimate of drug-likeness (QED) is 0.881. The van der Waals surface area contributed by atoms with Crippen molar-refractivity contribution in [2.75, 3.05) is 7.05 Å². The van der Waals surface area contributed by atoms with Crippen molar-refractivity contribution in [3.63, 3.8) is 0 Å². The molecule has 1 saturated carbocycles. The minimum absolute atomic E-state index is 0.00766. The fraction of sp³-hybridized carbons (Fsp3) is 0.625. The average molecular weight is 330 g/mol. The molecule has 1 aliphatic heterocycles. The van der Waals surface area contributed by atoms with Gasteiger partial charge in [-0.1, -0.05) is 5.16 Å². The summed E-state index contributed by atoms with van der Waals surface area (Å²) >= 11 is 0. The molecule has 2 atom stereocenters. The summed E-state index contributed by atoms with van der Waals surface area (Å²) in [5.41, 5.74) is 2.15. The molecule has 1 amide bonds. The van der Waals surface area contributed by atoms with Crippen LogP contribution in [0.5, 0.6) is 0 Å². The lowest BCUT2D eigenvalue weighted by molar-refractivity contribution is -0.127. The van der Waals surface area contributed by atoms with E-state index in [4.69, 9.17) is 4.52 Å². The Morgan fingerprint density at radius 3 is 2.83 bits per heavy atom. The fourth-order valence-corrected chi connectivity index (χ4v) is 3.34. The summed E-state index contributed by atoms with van der Waals surface area (Å²) in [4.78, 5) is 18.4. The number of likely N-dealkylation sites (tertiary alicyclic amines) is 1. The second-order valence-electron chi connectivity index (χ2n) is 6.77. The molecule has 4 rings (SSSR count). The van der Waals surface area contributed by atoms with E-state index in [0.717, 1.165) is 30.0 Å².